The largest absolute Gasteiger partial charge is 0.496 e. The Morgan fingerprint density at radius 3 is 1.79 bits per heavy atom. The van der Waals surface area contributed by atoms with E-state index in [1.807, 2.05) is 54.6 Å². The Bertz CT molecular complexity index is 2950. The number of para-hydroxylation sites is 1. The summed E-state index contributed by atoms with van der Waals surface area (Å²) in [7, 11) is 1.70. The molecule has 2 aromatic heterocycles. The Morgan fingerprint density at radius 1 is 0.509 bits per heavy atom. The Kier molecular flexibility index (Phi) is 8.81. The highest BCUT2D eigenvalue weighted by Crippen LogP contribution is 2.40. The third-order valence-electron chi connectivity index (χ3n) is 10.8. The normalized spacial score (nSPS) is 13.8. The topological polar surface area (TPSA) is 61.0 Å². The van der Waals surface area contributed by atoms with Crippen molar-refractivity contribution in [3.63, 3.8) is 0 Å². The Hall–Kier alpha value is -7.37. The van der Waals surface area contributed by atoms with Crippen LogP contribution in [0.3, 0.4) is 0 Å². The van der Waals surface area contributed by atoms with Crippen LogP contribution in [0.5, 0.6) is 5.75 Å². The Labute approximate surface area is 331 Å². The van der Waals surface area contributed by atoms with Crippen molar-refractivity contribution >= 4 is 27.5 Å². The van der Waals surface area contributed by atoms with E-state index in [1.54, 1.807) is 7.11 Å². The zero-order valence-electron chi connectivity index (χ0n) is 31.3. The zero-order valence-corrected chi connectivity index (χ0v) is 31.3. The van der Waals surface area contributed by atoms with Crippen LogP contribution in [0.25, 0.3) is 83.7 Å². The first-order chi connectivity index (χ1) is 28.2. The summed E-state index contributed by atoms with van der Waals surface area (Å²) in [6.07, 6.45) is 7.49. The molecular formula is C52H37N3O2. The number of rotatable bonds is 8. The fourth-order valence-electron chi connectivity index (χ4n) is 7.88. The van der Waals surface area contributed by atoms with Crippen molar-refractivity contribution in [2.24, 2.45) is 0 Å². The van der Waals surface area contributed by atoms with E-state index in [4.69, 9.17) is 24.1 Å². The van der Waals surface area contributed by atoms with Crippen molar-refractivity contribution < 1.29 is 9.15 Å². The van der Waals surface area contributed by atoms with Gasteiger partial charge < -0.3 is 9.15 Å². The van der Waals surface area contributed by atoms with Crippen molar-refractivity contribution in [1.82, 2.24) is 15.0 Å². The van der Waals surface area contributed by atoms with Gasteiger partial charge in [0.15, 0.2) is 17.5 Å². The maximum Gasteiger partial charge on any atom is 0.164 e. The number of nitrogens with zero attached hydrogens (tertiary/aromatic N) is 3. The van der Waals surface area contributed by atoms with Gasteiger partial charge in [-0.2, -0.15) is 0 Å². The van der Waals surface area contributed by atoms with Crippen LogP contribution in [-0.4, -0.2) is 22.1 Å². The monoisotopic (exact) mass is 735 g/mol. The smallest absolute Gasteiger partial charge is 0.164 e. The van der Waals surface area contributed by atoms with Gasteiger partial charge in [0.05, 0.1) is 7.11 Å². The van der Waals surface area contributed by atoms with Crippen LogP contribution in [0.2, 0.25) is 0 Å². The number of aromatic nitrogens is 3. The number of allylic oxidation sites excluding steroid dienone is 4. The molecule has 0 fully saturated rings. The Morgan fingerprint density at radius 2 is 1.09 bits per heavy atom. The lowest BCUT2D eigenvalue weighted by Gasteiger charge is -2.18. The molecule has 1 aliphatic carbocycles. The highest BCUT2D eigenvalue weighted by Gasteiger charge is 2.21. The lowest BCUT2D eigenvalue weighted by Crippen LogP contribution is -2.05. The maximum atomic E-state index is 6.42. The lowest BCUT2D eigenvalue weighted by atomic mass is 9.87. The molecule has 0 bridgehead atoms. The summed E-state index contributed by atoms with van der Waals surface area (Å²) in [6.45, 7) is 0. The number of methoxy groups -OCH3 is 1. The van der Waals surface area contributed by atoms with Gasteiger partial charge in [-0.1, -0.05) is 164 Å². The molecule has 0 saturated heterocycles. The highest BCUT2D eigenvalue weighted by atomic mass is 16.5. The van der Waals surface area contributed by atoms with E-state index in [0.29, 0.717) is 17.5 Å². The summed E-state index contributed by atoms with van der Waals surface area (Å²) in [5.74, 6) is 2.91. The highest BCUT2D eigenvalue weighted by molar-refractivity contribution is 6.08. The molecular weight excluding hydrogens is 699 g/mol. The molecule has 10 rings (SSSR count). The van der Waals surface area contributed by atoms with Gasteiger partial charge in [-0.3, -0.25) is 0 Å². The number of hydrogen-bond acceptors (Lipinski definition) is 5. The molecule has 0 amide bonds. The molecule has 0 saturated carbocycles. The molecule has 0 aliphatic heterocycles. The molecule has 5 nitrogen and oxygen atoms in total. The fraction of sp³-hybridized carbons (Fsp3) is 0.0577. The third-order valence-corrected chi connectivity index (χ3v) is 10.8. The first kappa shape index (κ1) is 34.1. The maximum absolute atomic E-state index is 6.42. The number of hydrogen-bond donors (Lipinski definition) is 0. The number of ether oxygens (including phenoxy) is 1. The van der Waals surface area contributed by atoms with Crippen molar-refractivity contribution in [2.75, 3.05) is 7.11 Å². The van der Waals surface area contributed by atoms with Gasteiger partial charge in [0.2, 0.25) is 0 Å². The van der Waals surface area contributed by atoms with Crippen molar-refractivity contribution in [1.29, 1.82) is 0 Å². The number of furan rings is 1. The van der Waals surface area contributed by atoms with Crippen LogP contribution in [0.15, 0.2) is 193 Å². The Balaban J connectivity index is 0.970. The molecule has 5 heteroatoms. The quantitative estimate of drug-likeness (QED) is 0.155. The molecule has 0 N–H and O–H groups in total. The van der Waals surface area contributed by atoms with E-state index in [0.717, 1.165) is 67.5 Å². The second-order valence-corrected chi connectivity index (χ2v) is 14.3. The minimum Gasteiger partial charge on any atom is -0.496 e. The zero-order chi connectivity index (χ0) is 38.1. The fourth-order valence-corrected chi connectivity index (χ4v) is 7.88. The van der Waals surface area contributed by atoms with Gasteiger partial charge in [0, 0.05) is 39.0 Å². The van der Waals surface area contributed by atoms with Crippen molar-refractivity contribution in [3.8, 4) is 61.9 Å². The molecule has 9 aromatic rings. The van der Waals surface area contributed by atoms with Crippen LogP contribution in [0, 0.1) is 0 Å². The molecule has 1 unspecified atom stereocenters. The van der Waals surface area contributed by atoms with Crippen LogP contribution in [0.1, 0.15) is 23.7 Å². The van der Waals surface area contributed by atoms with Gasteiger partial charge in [0.25, 0.3) is 0 Å². The average Bonchev–Trinajstić information content (AvgIpc) is 3.68. The van der Waals surface area contributed by atoms with E-state index < -0.39 is 0 Å². The molecule has 0 radical (unpaired) electrons. The van der Waals surface area contributed by atoms with E-state index in [9.17, 15) is 0 Å². The van der Waals surface area contributed by atoms with Crippen molar-refractivity contribution in [2.45, 2.75) is 12.3 Å². The lowest BCUT2D eigenvalue weighted by molar-refractivity contribution is 0.416. The third kappa shape index (κ3) is 6.59. The van der Waals surface area contributed by atoms with Gasteiger partial charge in [0.1, 0.15) is 16.9 Å². The van der Waals surface area contributed by atoms with E-state index in [1.165, 1.54) is 22.3 Å². The van der Waals surface area contributed by atoms with Crippen LogP contribution < -0.4 is 4.74 Å². The summed E-state index contributed by atoms with van der Waals surface area (Å²) in [6, 6.07) is 58.7. The minimum atomic E-state index is 0.157. The molecule has 272 valence electrons. The second kappa shape index (κ2) is 14.7. The summed E-state index contributed by atoms with van der Waals surface area (Å²) in [4.78, 5) is 15.0. The summed E-state index contributed by atoms with van der Waals surface area (Å²) in [5, 5.41) is 2.28. The predicted octanol–water partition coefficient (Wildman–Crippen LogP) is 13.2. The standard InChI is InChI=1S/C52H37N3O2/c1-56-46-17-9-8-15-43(46)37-23-27-40(28-24-37)51-53-50(39-13-6-3-7-14-39)54-52(55-51)41-29-25-38(26-30-41)44-16-10-18-48-49(44)45-33-42(31-32-47(45)57-48)36-21-19-35(20-22-36)34-11-4-2-5-12-34/h2-25,27-33,38H,26H2,1H3. The van der Waals surface area contributed by atoms with Crippen LogP contribution in [-0.2, 0) is 0 Å². The first-order valence-corrected chi connectivity index (χ1v) is 19.2. The predicted molar refractivity (Wildman–Crippen MR) is 232 cm³/mol. The molecule has 57 heavy (non-hydrogen) atoms. The van der Waals surface area contributed by atoms with E-state index in [2.05, 4.69) is 133 Å². The van der Waals surface area contributed by atoms with E-state index in [-0.39, 0.29) is 5.92 Å². The van der Waals surface area contributed by atoms with Crippen molar-refractivity contribution in [3.05, 3.63) is 199 Å². The number of fused-ring (bicyclic) bond motifs is 3. The SMILES string of the molecule is COc1ccccc1-c1ccc(-c2nc(C3=CCC(c4cccc5oc6ccc(-c7ccc(-c8ccccc8)cc7)cc6c45)C=C3)nc(-c3ccccc3)n2)cc1. The van der Waals surface area contributed by atoms with Crippen LogP contribution >= 0.6 is 0 Å². The molecule has 1 aliphatic rings. The first-order valence-electron chi connectivity index (χ1n) is 19.2. The van der Waals surface area contributed by atoms with Gasteiger partial charge in [-0.05, 0) is 64.1 Å². The average molecular weight is 736 g/mol. The molecule has 0 spiro atoms. The molecule has 7 aromatic carbocycles. The van der Waals surface area contributed by atoms with Gasteiger partial charge >= 0.3 is 0 Å². The summed E-state index contributed by atoms with van der Waals surface area (Å²) >= 11 is 0. The summed E-state index contributed by atoms with van der Waals surface area (Å²) < 4.78 is 12.0. The van der Waals surface area contributed by atoms with Crippen LogP contribution in [0.4, 0.5) is 0 Å². The summed E-state index contributed by atoms with van der Waals surface area (Å²) in [5.41, 5.74) is 12.7. The van der Waals surface area contributed by atoms with Gasteiger partial charge in [-0.25, -0.2) is 15.0 Å². The minimum absolute atomic E-state index is 0.157. The molecule has 2 heterocycles. The molecule has 1 atom stereocenters. The van der Waals surface area contributed by atoms with Gasteiger partial charge in [-0.15, -0.1) is 0 Å². The van der Waals surface area contributed by atoms with E-state index >= 15 is 0 Å². The second-order valence-electron chi connectivity index (χ2n) is 14.3. The number of benzene rings is 7.